The van der Waals surface area contributed by atoms with E-state index in [1.165, 1.54) is 12.1 Å². The summed E-state index contributed by atoms with van der Waals surface area (Å²) in [5.74, 6) is -0.622. The van der Waals surface area contributed by atoms with E-state index in [0.717, 1.165) is 5.56 Å². The molecule has 0 aromatic heterocycles. The lowest BCUT2D eigenvalue weighted by Gasteiger charge is -2.28. The Kier molecular flexibility index (Phi) is 7.57. The lowest BCUT2D eigenvalue weighted by Crippen LogP contribution is -2.46. The molecule has 1 aromatic carbocycles. The van der Waals surface area contributed by atoms with E-state index in [9.17, 15) is 9.59 Å². The number of rotatable bonds is 8. The number of hydrogen-bond donors (Lipinski definition) is 0. The fourth-order valence-corrected chi connectivity index (χ4v) is 6.90. The number of carbonyl (C=O) groups excluding carboxylic acids is 2. The summed E-state index contributed by atoms with van der Waals surface area (Å²) in [6.07, 6.45) is 0.511. The Balaban J connectivity index is 2.53. The third-order valence-corrected chi connectivity index (χ3v) is 9.62. The van der Waals surface area contributed by atoms with Crippen LogP contribution in [-0.4, -0.2) is 36.4 Å². The van der Waals surface area contributed by atoms with Gasteiger partial charge < -0.3 is 8.85 Å². The maximum Gasteiger partial charge on any atom is 0.313 e. The van der Waals surface area contributed by atoms with Crippen LogP contribution in [0.2, 0.25) is 18.1 Å². The maximum absolute atomic E-state index is 11.3. The van der Waals surface area contributed by atoms with Crippen molar-refractivity contribution in [1.29, 1.82) is 0 Å². The van der Waals surface area contributed by atoms with Crippen LogP contribution in [0.15, 0.2) is 24.3 Å². The minimum atomic E-state index is -1.84. The van der Waals surface area contributed by atoms with Crippen LogP contribution < -0.4 is 5.19 Å². The molecule has 24 heavy (non-hydrogen) atoms. The first-order chi connectivity index (χ1) is 11.0. The van der Waals surface area contributed by atoms with Gasteiger partial charge in [-0.05, 0) is 35.8 Å². The molecule has 0 aliphatic heterocycles. The fourth-order valence-electron chi connectivity index (χ4n) is 2.09. The fraction of sp³-hybridized carbons (Fsp3) is 0.556. The molecule has 0 saturated heterocycles. The highest BCUT2D eigenvalue weighted by atomic mass is 28.4. The number of Topliss-reactive ketones (excluding diaryl/α,β-unsaturated/α-hetero) is 1. The summed E-state index contributed by atoms with van der Waals surface area (Å²) in [5.41, 5.74) is 1.12. The first kappa shape index (κ1) is 20.8. The first-order valence-corrected chi connectivity index (χ1v) is 12.6. The van der Waals surface area contributed by atoms with E-state index in [2.05, 4.69) is 58.1 Å². The van der Waals surface area contributed by atoms with Crippen LogP contribution in [0, 0.1) is 0 Å². The lowest BCUT2D eigenvalue weighted by atomic mass is 10.2. The zero-order valence-corrected chi connectivity index (χ0v) is 18.2. The second-order valence-corrected chi connectivity index (χ2v) is 15.1. The molecule has 1 aromatic rings. The van der Waals surface area contributed by atoms with E-state index in [0.29, 0.717) is 18.1 Å². The van der Waals surface area contributed by atoms with Gasteiger partial charge in [-0.15, -0.1) is 0 Å². The Hall–Kier alpha value is -1.25. The largest absolute Gasteiger partial charge is 0.465 e. The van der Waals surface area contributed by atoms with Crippen molar-refractivity contribution in [2.45, 2.75) is 58.7 Å². The topological polar surface area (TPSA) is 52.6 Å². The standard InChI is InChI=1S/C18H30O4Si2/c1-14(19)13-17(20)21-12-11-15-7-9-16(10-8-15)24(5,6)22-23-18(2,3)4/h7-10H,11-13,23H2,1-6H3. The molecule has 134 valence electrons. The molecule has 0 unspecified atom stereocenters. The number of carbonyl (C=O) groups is 2. The van der Waals surface area contributed by atoms with Crippen LogP contribution in [0.25, 0.3) is 0 Å². The van der Waals surface area contributed by atoms with E-state index in [-0.39, 0.29) is 12.2 Å². The van der Waals surface area contributed by atoms with Gasteiger partial charge >= 0.3 is 5.97 Å². The third-order valence-electron chi connectivity index (χ3n) is 3.56. The Morgan fingerprint density at radius 3 is 2.21 bits per heavy atom. The molecule has 0 atom stereocenters. The molecule has 0 saturated carbocycles. The Morgan fingerprint density at radius 2 is 1.71 bits per heavy atom. The molecule has 0 fully saturated rings. The van der Waals surface area contributed by atoms with Crippen LogP contribution in [0.5, 0.6) is 0 Å². The minimum Gasteiger partial charge on any atom is -0.465 e. The highest BCUT2D eigenvalue weighted by molar-refractivity contribution is 6.87. The number of esters is 1. The van der Waals surface area contributed by atoms with Crippen molar-refractivity contribution in [2.75, 3.05) is 6.61 Å². The van der Waals surface area contributed by atoms with E-state index < -0.39 is 24.0 Å². The van der Waals surface area contributed by atoms with Gasteiger partial charge in [-0.2, -0.15) is 0 Å². The summed E-state index contributed by atoms with van der Waals surface area (Å²) in [4.78, 5) is 22.2. The van der Waals surface area contributed by atoms with Crippen molar-refractivity contribution in [3.63, 3.8) is 0 Å². The SMILES string of the molecule is CC(=O)CC(=O)OCCc1ccc([Si](C)(C)O[SiH2]C(C)(C)C)cc1. The molecule has 0 bridgehead atoms. The van der Waals surface area contributed by atoms with Crippen LogP contribution in [-0.2, 0) is 24.9 Å². The smallest absolute Gasteiger partial charge is 0.313 e. The van der Waals surface area contributed by atoms with Gasteiger partial charge in [-0.3, -0.25) is 9.59 Å². The highest BCUT2D eigenvalue weighted by Gasteiger charge is 2.27. The second-order valence-electron chi connectivity index (χ2n) is 7.91. The van der Waals surface area contributed by atoms with Gasteiger partial charge in [0.15, 0.2) is 9.76 Å². The average molecular weight is 367 g/mol. The van der Waals surface area contributed by atoms with Crippen molar-refractivity contribution in [1.82, 2.24) is 0 Å². The highest BCUT2D eigenvalue weighted by Crippen LogP contribution is 2.22. The van der Waals surface area contributed by atoms with Crippen molar-refractivity contribution in [2.24, 2.45) is 0 Å². The predicted octanol–water partition coefficient (Wildman–Crippen LogP) is 2.48. The van der Waals surface area contributed by atoms with E-state index >= 15 is 0 Å². The summed E-state index contributed by atoms with van der Waals surface area (Å²) < 4.78 is 11.4. The van der Waals surface area contributed by atoms with Gasteiger partial charge in [-0.1, -0.05) is 45.0 Å². The zero-order valence-electron chi connectivity index (χ0n) is 15.8. The van der Waals surface area contributed by atoms with Crippen molar-refractivity contribution < 1.29 is 18.4 Å². The summed E-state index contributed by atoms with van der Waals surface area (Å²) in [6, 6.07) is 8.42. The normalized spacial score (nSPS) is 12.6. The first-order valence-electron chi connectivity index (χ1n) is 8.38. The van der Waals surface area contributed by atoms with Crippen LogP contribution in [0.4, 0.5) is 0 Å². The quantitative estimate of drug-likeness (QED) is 0.403. The number of ether oxygens (including phenoxy) is 1. The van der Waals surface area contributed by atoms with Gasteiger partial charge in [0, 0.05) is 6.42 Å². The Labute approximate surface area is 149 Å². The predicted molar refractivity (Wildman–Crippen MR) is 103 cm³/mol. The average Bonchev–Trinajstić information content (AvgIpc) is 2.44. The summed E-state index contributed by atoms with van der Waals surface area (Å²) in [6.45, 7) is 12.9. The van der Waals surface area contributed by atoms with E-state index in [4.69, 9.17) is 8.85 Å². The lowest BCUT2D eigenvalue weighted by molar-refractivity contribution is -0.145. The monoisotopic (exact) mass is 366 g/mol. The van der Waals surface area contributed by atoms with Gasteiger partial charge in [0.05, 0.1) is 6.61 Å². The van der Waals surface area contributed by atoms with E-state index in [1.807, 2.05) is 0 Å². The van der Waals surface area contributed by atoms with Crippen molar-refractivity contribution >= 4 is 35.0 Å². The van der Waals surface area contributed by atoms with Gasteiger partial charge in [0.2, 0.25) is 8.32 Å². The van der Waals surface area contributed by atoms with Crippen LogP contribution >= 0.6 is 0 Å². The number of ketones is 1. The summed E-state index contributed by atoms with van der Waals surface area (Å²) in [5, 5.41) is 1.59. The molecule has 4 nitrogen and oxygen atoms in total. The minimum absolute atomic E-state index is 0.145. The molecule has 0 N–H and O–H groups in total. The van der Waals surface area contributed by atoms with Crippen molar-refractivity contribution in [3.05, 3.63) is 29.8 Å². The Morgan fingerprint density at radius 1 is 1.12 bits per heavy atom. The maximum atomic E-state index is 11.3. The van der Waals surface area contributed by atoms with Gasteiger partial charge in [0.1, 0.15) is 12.2 Å². The van der Waals surface area contributed by atoms with Crippen LogP contribution in [0.1, 0.15) is 39.7 Å². The molecule has 0 aliphatic rings. The molecular formula is C18H30O4Si2. The molecule has 6 heteroatoms. The second kappa shape index (κ2) is 8.73. The zero-order chi connectivity index (χ0) is 18.4. The molecule has 1 rings (SSSR count). The number of hydrogen-bond acceptors (Lipinski definition) is 4. The number of benzene rings is 1. The molecule has 0 amide bonds. The molecular weight excluding hydrogens is 336 g/mol. The van der Waals surface area contributed by atoms with E-state index in [1.54, 1.807) is 0 Å². The molecule has 0 heterocycles. The molecule has 0 spiro atoms. The summed E-state index contributed by atoms with van der Waals surface area (Å²) >= 11 is 0. The molecule has 0 radical (unpaired) electrons. The van der Waals surface area contributed by atoms with Crippen LogP contribution in [0.3, 0.4) is 0 Å². The van der Waals surface area contributed by atoms with Gasteiger partial charge in [0.25, 0.3) is 0 Å². The summed E-state index contributed by atoms with van der Waals surface area (Å²) in [7, 11) is -2.40. The Bertz CT molecular complexity index is 559. The third kappa shape index (κ3) is 8.03. The molecule has 0 aliphatic carbocycles. The van der Waals surface area contributed by atoms with Gasteiger partial charge in [-0.25, -0.2) is 0 Å². The van der Waals surface area contributed by atoms with Crippen molar-refractivity contribution in [3.8, 4) is 0 Å².